The summed E-state index contributed by atoms with van der Waals surface area (Å²) in [4.78, 5) is 4.21. The number of hydrogen-bond donors (Lipinski definition) is 3. The zero-order valence-electron chi connectivity index (χ0n) is 9.65. The SMILES string of the molecule is CC1CN=C(NCC(O)c2cccc(F)c2)N1. The minimum atomic E-state index is -0.744. The molecule has 3 N–H and O–H groups in total. The molecule has 2 rings (SSSR count). The maximum Gasteiger partial charge on any atom is 0.191 e. The fraction of sp³-hybridized carbons (Fsp3) is 0.417. The quantitative estimate of drug-likeness (QED) is 0.728. The lowest BCUT2D eigenvalue weighted by molar-refractivity contribution is 0.180. The maximum absolute atomic E-state index is 13.0. The molecule has 0 radical (unpaired) electrons. The number of nitrogens with one attached hydrogen (secondary N) is 2. The molecule has 4 nitrogen and oxygen atoms in total. The molecule has 0 fully saturated rings. The zero-order valence-corrected chi connectivity index (χ0v) is 9.65. The highest BCUT2D eigenvalue weighted by molar-refractivity contribution is 5.81. The molecular formula is C12H16FN3O. The Morgan fingerprint density at radius 1 is 1.65 bits per heavy atom. The molecule has 0 aliphatic carbocycles. The molecule has 1 aliphatic rings. The second kappa shape index (κ2) is 5.14. The van der Waals surface area contributed by atoms with Crippen LogP contribution in [0.5, 0.6) is 0 Å². The molecule has 0 spiro atoms. The number of hydrogen-bond acceptors (Lipinski definition) is 4. The Balaban J connectivity index is 1.87. The third-order valence-electron chi connectivity index (χ3n) is 2.60. The average molecular weight is 237 g/mol. The topological polar surface area (TPSA) is 56.7 Å². The van der Waals surface area contributed by atoms with Crippen LogP contribution in [0.4, 0.5) is 4.39 Å². The first-order valence-corrected chi connectivity index (χ1v) is 5.63. The summed E-state index contributed by atoms with van der Waals surface area (Å²) in [5.41, 5.74) is 0.559. The molecule has 2 unspecified atom stereocenters. The monoisotopic (exact) mass is 237 g/mol. The van der Waals surface area contributed by atoms with Gasteiger partial charge in [0.25, 0.3) is 0 Å². The number of benzene rings is 1. The third kappa shape index (κ3) is 3.17. The van der Waals surface area contributed by atoms with Gasteiger partial charge in [-0.1, -0.05) is 12.1 Å². The van der Waals surface area contributed by atoms with Crippen LogP contribution in [0.25, 0.3) is 0 Å². The standard InChI is InChI=1S/C12H16FN3O/c1-8-6-14-12(16-8)15-7-11(17)9-3-2-4-10(13)5-9/h2-5,8,11,17H,6-7H2,1H3,(H2,14,15,16). The van der Waals surface area contributed by atoms with Crippen molar-refractivity contribution in [1.82, 2.24) is 10.6 Å². The van der Waals surface area contributed by atoms with Crippen LogP contribution in [0, 0.1) is 5.82 Å². The summed E-state index contributed by atoms with van der Waals surface area (Å²) in [6.07, 6.45) is -0.744. The highest BCUT2D eigenvalue weighted by Crippen LogP contribution is 2.12. The van der Waals surface area contributed by atoms with Crippen LogP contribution in [-0.4, -0.2) is 30.2 Å². The van der Waals surface area contributed by atoms with Crippen molar-refractivity contribution in [2.45, 2.75) is 19.1 Å². The lowest BCUT2D eigenvalue weighted by atomic mass is 10.1. The van der Waals surface area contributed by atoms with Gasteiger partial charge >= 0.3 is 0 Å². The largest absolute Gasteiger partial charge is 0.387 e. The second-order valence-corrected chi connectivity index (χ2v) is 4.19. The van der Waals surface area contributed by atoms with Crippen LogP contribution in [0.1, 0.15) is 18.6 Å². The second-order valence-electron chi connectivity index (χ2n) is 4.19. The Morgan fingerprint density at radius 3 is 3.12 bits per heavy atom. The first-order valence-electron chi connectivity index (χ1n) is 5.63. The molecule has 0 bridgehead atoms. The van der Waals surface area contributed by atoms with Crippen molar-refractivity contribution < 1.29 is 9.50 Å². The summed E-state index contributed by atoms with van der Waals surface area (Å²) in [6.45, 7) is 3.07. The number of nitrogens with zero attached hydrogens (tertiary/aromatic N) is 1. The van der Waals surface area contributed by atoms with E-state index in [2.05, 4.69) is 15.6 Å². The summed E-state index contributed by atoms with van der Waals surface area (Å²) >= 11 is 0. The van der Waals surface area contributed by atoms with Gasteiger partial charge in [-0.15, -0.1) is 0 Å². The lowest BCUT2D eigenvalue weighted by Gasteiger charge is -2.14. The van der Waals surface area contributed by atoms with E-state index in [0.29, 0.717) is 24.1 Å². The van der Waals surface area contributed by atoms with E-state index in [-0.39, 0.29) is 5.82 Å². The van der Waals surface area contributed by atoms with E-state index < -0.39 is 6.10 Å². The normalized spacial score (nSPS) is 20.6. The Morgan fingerprint density at radius 2 is 2.47 bits per heavy atom. The number of aliphatic hydroxyl groups is 1. The van der Waals surface area contributed by atoms with E-state index in [0.717, 1.165) is 6.54 Å². The van der Waals surface area contributed by atoms with E-state index in [1.807, 2.05) is 6.92 Å². The molecule has 2 atom stereocenters. The highest BCUT2D eigenvalue weighted by atomic mass is 19.1. The molecule has 1 aliphatic heterocycles. The molecule has 1 aromatic carbocycles. The van der Waals surface area contributed by atoms with Gasteiger partial charge in [0.05, 0.1) is 12.6 Å². The summed E-state index contributed by atoms with van der Waals surface area (Å²) < 4.78 is 13.0. The smallest absolute Gasteiger partial charge is 0.191 e. The van der Waals surface area contributed by atoms with Crippen molar-refractivity contribution in [2.24, 2.45) is 4.99 Å². The summed E-state index contributed by atoms with van der Waals surface area (Å²) in [5, 5.41) is 16.0. The molecular weight excluding hydrogens is 221 g/mol. The zero-order chi connectivity index (χ0) is 12.3. The Bertz CT molecular complexity index is 422. The summed E-state index contributed by atoms with van der Waals surface area (Å²) in [5.74, 6) is 0.347. The van der Waals surface area contributed by atoms with Crippen LogP contribution < -0.4 is 10.6 Å². The molecule has 1 heterocycles. The Labute approximate surface area is 99.6 Å². The van der Waals surface area contributed by atoms with Crippen molar-refractivity contribution in [3.8, 4) is 0 Å². The average Bonchev–Trinajstić information content (AvgIpc) is 2.72. The number of guanidine groups is 1. The molecule has 0 saturated carbocycles. The van der Waals surface area contributed by atoms with Gasteiger partial charge < -0.3 is 15.7 Å². The first kappa shape index (κ1) is 11.9. The lowest BCUT2D eigenvalue weighted by Crippen LogP contribution is -2.39. The van der Waals surface area contributed by atoms with E-state index in [1.165, 1.54) is 12.1 Å². The van der Waals surface area contributed by atoms with Crippen molar-refractivity contribution in [2.75, 3.05) is 13.1 Å². The predicted molar refractivity (Wildman–Crippen MR) is 64.3 cm³/mol. The van der Waals surface area contributed by atoms with Crippen molar-refractivity contribution in [3.05, 3.63) is 35.6 Å². The molecule has 0 aromatic heterocycles. The fourth-order valence-electron chi connectivity index (χ4n) is 1.68. The molecule has 17 heavy (non-hydrogen) atoms. The van der Waals surface area contributed by atoms with E-state index >= 15 is 0 Å². The van der Waals surface area contributed by atoms with E-state index in [1.54, 1.807) is 12.1 Å². The molecule has 0 amide bonds. The van der Waals surface area contributed by atoms with Crippen molar-refractivity contribution >= 4 is 5.96 Å². The minimum Gasteiger partial charge on any atom is -0.387 e. The van der Waals surface area contributed by atoms with Crippen LogP contribution in [0.3, 0.4) is 0 Å². The van der Waals surface area contributed by atoms with Gasteiger partial charge in [-0.2, -0.15) is 0 Å². The van der Waals surface area contributed by atoms with Crippen molar-refractivity contribution in [3.63, 3.8) is 0 Å². The van der Waals surface area contributed by atoms with Gasteiger partial charge in [0.1, 0.15) is 5.82 Å². The van der Waals surface area contributed by atoms with E-state index in [9.17, 15) is 9.50 Å². The predicted octanol–water partition coefficient (Wildman–Crippen LogP) is 0.796. The van der Waals surface area contributed by atoms with Gasteiger partial charge in [0.2, 0.25) is 0 Å². The van der Waals surface area contributed by atoms with Crippen LogP contribution in [0.2, 0.25) is 0 Å². The highest BCUT2D eigenvalue weighted by Gasteiger charge is 2.14. The van der Waals surface area contributed by atoms with Gasteiger partial charge in [-0.25, -0.2) is 4.39 Å². The third-order valence-corrected chi connectivity index (χ3v) is 2.60. The molecule has 1 aromatic rings. The van der Waals surface area contributed by atoms with Crippen molar-refractivity contribution in [1.29, 1.82) is 0 Å². The van der Waals surface area contributed by atoms with Crippen LogP contribution in [-0.2, 0) is 0 Å². The number of rotatable bonds is 3. The van der Waals surface area contributed by atoms with Gasteiger partial charge in [-0.05, 0) is 24.6 Å². The van der Waals surface area contributed by atoms with Gasteiger partial charge in [0.15, 0.2) is 5.96 Å². The van der Waals surface area contributed by atoms with Gasteiger partial charge in [0, 0.05) is 12.6 Å². The number of aliphatic hydroxyl groups excluding tert-OH is 1. The van der Waals surface area contributed by atoms with Gasteiger partial charge in [-0.3, -0.25) is 4.99 Å². The maximum atomic E-state index is 13.0. The Hall–Kier alpha value is -1.62. The summed E-state index contributed by atoms with van der Waals surface area (Å²) in [6, 6.07) is 6.29. The summed E-state index contributed by atoms with van der Waals surface area (Å²) in [7, 11) is 0. The van der Waals surface area contributed by atoms with Crippen LogP contribution >= 0.6 is 0 Å². The fourth-order valence-corrected chi connectivity index (χ4v) is 1.68. The van der Waals surface area contributed by atoms with Crippen LogP contribution in [0.15, 0.2) is 29.3 Å². The minimum absolute atomic E-state index is 0.308. The number of halogens is 1. The molecule has 5 heteroatoms. The number of aliphatic imine (C=N–C) groups is 1. The molecule has 0 saturated heterocycles. The van der Waals surface area contributed by atoms with E-state index in [4.69, 9.17) is 0 Å². The first-order chi connectivity index (χ1) is 8.15. The molecule has 92 valence electrons. The Kier molecular flexibility index (Phi) is 3.58.